The smallest absolute Gasteiger partial charge is 0.0994 e. The van der Waals surface area contributed by atoms with Crippen molar-refractivity contribution in [1.82, 2.24) is 0 Å². The molecule has 2 aliphatic carbocycles. The summed E-state index contributed by atoms with van der Waals surface area (Å²) in [7, 11) is 0. The Bertz CT molecular complexity index is 181. The third-order valence-electron chi connectivity index (χ3n) is 3.04. The minimum absolute atomic E-state index is 0.237. The topological polar surface area (TPSA) is 0 Å². The Morgan fingerprint density at radius 3 is 2.64 bits per heavy atom. The summed E-state index contributed by atoms with van der Waals surface area (Å²) in [6, 6.07) is 0. The number of hydrogen-bond donors (Lipinski definition) is 0. The lowest BCUT2D eigenvalue weighted by molar-refractivity contribution is 0.360. The highest BCUT2D eigenvalue weighted by Gasteiger charge is 2.25. The molecule has 0 heterocycles. The zero-order chi connectivity index (χ0) is 7.68. The molecule has 0 N–H and O–H groups in total. The van der Waals surface area contributed by atoms with Crippen molar-refractivity contribution in [2.24, 2.45) is 5.92 Å². The fraction of sp³-hybridized carbons (Fsp3) is 0.800. The van der Waals surface area contributed by atoms with Crippen LogP contribution in [0.15, 0.2) is 11.4 Å². The molecule has 1 fully saturated rings. The highest BCUT2D eigenvalue weighted by atomic mass is 19.1. The maximum absolute atomic E-state index is 13.2. The number of halogens is 1. The molecule has 0 spiro atoms. The summed E-state index contributed by atoms with van der Waals surface area (Å²) in [6.45, 7) is 0. The Balaban J connectivity index is 2.19. The average Bonchev–Trinajstić information content (AvgIpc) is 2.06. The van der Waals surface area contributed by atoms with Crippen molar-refractivity contribution in [3.8, 4) is 0 Å². The van der Waals surface area contributed by atoms with Crippen LogP contribution in [0.3, 0.4) is 0 Å². The lowest BCUT2D eigenvalue weighted by Gasteiger charge is -2.29. The van der Waals surface area contributed by atoms with Gasteiger partial charge in [-0.15, -0.1) is 0 Å². The first-order valence-corrected chi connectivity index (χ1v) is 4.75. The second-order valence-electron chi connectivity index (χ2n) is 3.77. The number of allylic oxidation sites excluding steroid dienone is 2. The maximum atomic E-state index is 13.2. The van der Waals surface area contributed by atoms with Gasteiger partial charge in [0.05, 0.1) is 5.83 Å². The lowest BCUT2D eigenvalue weighted by atomic mass is 9.77. The van der Waals surface area contributed by atoms with E-state index < -0.39 is 0 Å². The van der Waals surface area contributed by atoms with Crippen molar-refractivity contribution in [2.45, 2.75) is 44.9 Å². The standard InChI is InChI=1S/C10H15F/c11-10-7-3-5-8-4-1-2-6-9(8)10/h8H,1-7H2. The van der Waals surface area contributed by atoms with Crippen LogP contribution in [0.25, 0.3) is 0 Å². The van der Waals surface area contributed by atoms with Gasteiger partial charge in [0.25, 0.3) is 0 Å². The molecule has 0 saturated heterocycles. The summed E-state index contributed by atoms with van der Waals surface area (Å²) in [5.74, 6) is 0.874. The first-order chi connectivity index (χ1) is 5.38. The van der Waals surface area contributed by atoms with Crippen LogP contribution in [-0.2, 0) is 0 Å². The molecular formula is C10H15F. The molecule has 1 atom stereocenters. The van der Waals surface area contributed by atoms with E-state index in [1.165, 1.54) is 31.3 Å². The number of fused-ring (bicyclic) bond motifs is 1. The molecule has 62 valence electrons. The minimum Gasteiger partial charge on any atom is -0.212 e. The Labute approximate surface area is 67.5 Å². The molecule has 0 radical (unpaired) electrons. The normalized spacial score (nSPS) is 31.9. The van der Waals surface area contributed by atoms with Gasteiger partial charge in [-0.3, -0.25) is 0 Å². The monoisotopic (exact) mass is 154 g/mol. The van der Waals surface area contributed by atoms with Gasteiger partial charge in [-0.2, -0.15) is 0 Å². The molecule has 2 aliphatic rings. The summed E-state index contributed by atoms with van der Waals surface area (Å²) >= 11 is 0. The van der Waals surface area contributed by atoms with Gasteiger partial charge in [-0.25, -0.2) is 4.39 Å². The average molecular weight is 154 g/mol. The van der Waals surface area contributed by atoms with E-state index >= 15 is 0 Å². The van der Waals surface area contributed by atoms with Crippen LogP contribution in [0.4, 0.5) is 4.39 Å². The summed E-state index contributed by atoms with van der Waals surface area (Å²) < 4.78 is 13.2. The van der Waals surface area contributed by atoms with E-state index in [1.807, 2.05) is 0 Å². The largest absolute Gasteiger partial charge is 0.212 e. The minimum atomic E-state index is 0.237. The van der Waals surface area contributed by atoms with E-state index in [1.54, 1.807) is 0 Å². The second kappa shape index (κ2) is 2.96. The van der Waals surface area contributed by atoms with Gasteiger partial charge in [0.2, 0.25) is 0 Å². The van der Waals surface area contributed by atoms with Crippen LogP contribution in [0.5, 0.6) is 0 Å². The molecule has 2 rings (SSSR count). The van der Waals surface area contributed by atoms with Crippen molar-refractivity contribution >= 4 is 0 Å². The quantitative estimate of drug-likeness (QED) is 0.500. The van der Waals surface area contributed by atoms with Crippen molar-refractivity contribution in [2.75, 3.05) is 0 Å². The Kier molecular flexibility index (Phi) is 1.97. The summed E-state index contributed by atoms with van der Waals surface area (Å²) in [5, 5.41) is 0. The molecule has 0 aromatic carbocycles. The molecule has 0 amide bonds. The van der Waals surface area contributed by atoms with Crippen molar-refractivity contribution in [1.29, 1.82) is 0 Å². The van der Waals surface area contributed by atoms with Gasteiger partial charge in [0.15, 0.2) is 0 Å². The van der Waals surface area contributed by atoms with Gasteiger partial charge >= 0.3 is 0 Å². The molecule has 0 bridgehead atoms. The van der Waals surface area contributed by atoms with E-state index in [0.29, 0.717) is 5.92 Å². The SMILES string of the molecule is FC1=C2CCCCC2CCC1. The van der Waals surface area contributed by atoms with Gasteiger partial charge in [-0.1, -0.05) is 6.42 Å². The number of hydrogen-bond acceptors (Lipinski definition) is 0. The zero-order valence-corrected chi connectivity index (χ0v) is 6.91. The fourth-order valence-corrected chi connectivity index (χ4v) is 2.42. The fourth-order valence-electron chi connectivity index (χ4n) is 2.42. The zero-order valence-electron chi connectivity index (χ0n) is 6.91. The molecule has 11 heavy (non-hydrogen) atoms. The first-order valence-electron chi connectivity index (χ1n) is 4.75. The van der Waals surface area contributed by atoms with Gasteiger partial charge in [-0.05, 0) is 50.0 Å². The predicted molar refractivity (Wildman–Crippen MR) is 43.9 cm³/mol. The van der Waals surface area contributed by atoms with Crippen LogP contribution in [0, 0.1) is 5.92 Å². The van der Waals surface area contributed by atoms with Crippen molar-refractivity contribution in [3.05, 3.63) is 11.4 Å². The van der Waals surface area contributed by atoms with Crippen LogP contribution in [-0.4, -0.2) is 0 Å². The second-order valence-corrected chi connectivity index (χ2v) is 3.77. The molecule has 0 aliphatic heterocycles. The molecule has 0 nitrogen and oxygen atoms in total. The van der Waals surface area contributed by atoms with Crippen LogP contribution >= 0.6 is 0 Å². The Morgan fingerprint density at radius 1 is 1.00 bits per heavy atom. The Morgan fingerprint density at radius 2 is 1.82 bits per heavy atom. The number of rotatable bonds is 0. The predicted octanol–water partition coefficient (Wildman–Crippen LogP) is 3.58. The van der Waals surface area contributed by atoms with E-state index in [2.05, 4.69) is 0 Å². The highest BCUT2D eigenvalue weighted by Crippen LogP contribution is 2.40. The van der Waals surface area contributed by atoms with Gasteiger partial charge in [0, 0.05) is 0 Å². The van der Waals surface area contributed by atoms with Crippen molar-refractivity contribution < 1.29 is 4.39 Å². The Hall–Kier alpha value is -0.330. The van der Waals surface area contributed by atoms with Gasteiger partial charge < -0.3 is 0 Å². The summed E-state index contributed by atoms with van der Waals surface area (Å²) in [4.78, 5) is 0. The molecule has 1 unspecified atom stereocenters. The summed E-state index contributed by atoms with van der Waals surface area (Å²) in [5.41, 5.74) is 1.18. The van der Waals surface area contributed by atoms with Crippen LogP contribution < -0.4 is 0 Å². The molecule has 0 aromatic rings. The van der Waals surface area contributed by atoms with Crippen molar-refractivity contribution in [3.63, 3.8) is 0 Å². The molecular weight excluding hydrogens is 139 g/mol. The molecule has 1 heteroatoms. The van der Waals surface area contributed by atoms with E-state index in [-0.39, 0.29) is 5.83 Å². The van der Waals surface area contributed by atoms with E-state index in [4.69, 9.17) is 0 Å². The first kappa shape index (κ1) is 7.33. The lowest BCUT2D eigenvalue weighted by Crippen LogP contribution is -2.15. The van der Waals surface area contributed by atoms with Crippen LogP contribution in [0.2, 0.25) is 0 Å². The maximum Gasteiger partial charge on any atom is 0.0994 e. The third-order valence-corrected chi connectivity index (χ3v) is 3.04. The molecule has 1 saturated carbocycles. The highest BCUT2D eigenvalue weighted by molar-refractivity contribution is 5.16. The van der Waals surface area contributed by atoms with Gasteiger partial charge in [0.1, 0.15) is 0 Å². The third kappa shape index (κ3) is 1.33. The summed E-state index contributed by atoms with van der Waals surface area (Å²) in [6.07, 6.45) is 7.91. The van der Waals surface area contributed by atoms with Crippen LogP contribution in [0.1, 0.15) is 44.9 Å². The molecule has 0 aromatic heterocycles. The van der Waals surface area contributed by atoms with E-state index in [0.717, 1.165) is 19.3 Å². The van der Waals surface area contributed by atoms with E-state index in [9.17, 15) is 4.39 Å².